The van der Waals surface area contributed by atoms with Crippen molar-refractivity contribution in [2.24, 2.45) is 5.92 Å². The number of nitrogens with zero attached hydrogens (tertiary/aromatic N) is 1. The van der Waals surface area contributed by atoms with Crippen LogP contribution in [0.5, 0.6) is 0 Å². The van der Waals surface area contributed by atoms with Gasteiger partial charge in [-0.3, -0.25) is 0 Å². The Kier molecular flexibility index (Phi) is 4.48. The molecule has 3 nitrogen and oxygen atoms in total. The lowest BCUT2D eigenvalue weighted by Crippen LogP contribution is -2.45. The summed E-state index contributed by atoms with van der Waals surface area (Å²) in [5, 5.41) is 3.68. The van der Waals surface area contributed by atoms with Crippen LogP contribution in [0.15, 0.2) is 18.2 Å². The maximum Gasteiger partial charge on any atom is 0.0582 e. The lowest BCUT2D eigenvalue weighted by atomic mass is 9.74. The summed E-state index contributed by atoms with van der Waals surface area (Å²) in [5.74, 6) is 0.855. The van der Waals surface area contributed by atoms with Crippen LogP contribution in [0.3, 0.4) is 0 Å². The Balaban J connectivity index is 0.00000180. The largest absolute Gasteiger partial charge is 0.384 e. The smallest absolute Gasteiger partial charge is 0.0582 e. The van der Waals surface area contributed by atoms with Gasteiger partial charge in [-0.15, -0.1) is 0 Å². The minimum atomic E-state index is 0. The van der Waals surface area contributed by atoms with E-state index in [1.54, 1.807) is 5.56 Å². The Labute approximate surface area is 160 Å². The number of ether oxygens (including phenoxy) is 1. The zero-order valence-corrected chi connectivity index (χ0v) is 16.3. The molecule has 0 radical (unpaired) electrons. The molecule has 4 heterocycles. The number of hydrogen-bond acceptors (Lipinski definition) is 3. The molecular formula is C23H36N2O. The molecule has 1 spiro atoms. The number of nitrogens with one attached hydrogen (secondary N) is 1. The summed E-state index contributed by atoms with van der Waals surface area (Å²) in [6.45, 7) is 7.20. The third-order valence-electron chi connectivity index (χ3n) is 7.62. The van der Waals surface area contributed by atoms with Crippen molar-refractivity contribution in [3.8, 4) is 0 Å². The van der Waals surface area contributed by atoms with Crippen molar-refractivity contribution in [2.45, 2.75) is 75.9 Å². The summed E-state index contributed by atoms with van der Waals surface area (Å²) in [6.07, 6.45) is 11.7. The van der Waals surface area contributed by atoms with Crippen molar-refractivity contribution in [3.63, 3.8) is 0 Å². The van der Waals surface area contributed by atoms with Gasteiger partial charge in [0.25, 0.3) is 0 Å². The molecule has 1 aromatic rings. The molecule has 4 aliphatic rings. The number of rotatable bonds is 2. The van der Waals surface area contributed by atoms with Gasteiger partial charge in [-0.05, 0) is 88.9 Å². The minimum absolute atomic E-state index is 0. The maximum atomic E-state index is 6.27. The summed E-state index contributed by atoms with van der Waals surface area (Å²) in [4.78, 5) is 2.76. The molecule has 3 fully saturated rings. The van der Waals surface area contributed by atoms with E-state index in [-0.39, 0.29) is 1.43 Å². The van der Waals surface area contributed by atoms with E-state index in [0.717, 1.165) is 12.5 Å². The Bertz CT molecular complexity index is 656. The molecule has 3 atom stereocenters. The van der Waals surface area contributed by atoms with Crippen LogP contribution in [0.1, 0.15) is 63.9 Å². The molecule has 0 aromatic heterocycles. The third kappa shape index (κ3) is 3.18. The Morgan fingerprint density at radius 1 is 1.15 bits per heavy atom. The molecule has 1 aromatic carbocycles. The van der Waals surface area contributed by atoms with Gasteiger partial charge in [-0.1, -0.05) is 17.7 Å². The van der Waals surface area contributed by atoms with Crippen LogP contribution in [0.2, 0.25) is 0 Å². The third-order valence-corrected chi connectivity index (χ3v) is 7.62. The first kappa shape index (κ1) is 17.1. The van der Waals surface area contributed by atoms with Gasteiger partial charge in [0.2, 0.25) is 0 Å². The van der Waals surface area contributed by atoms with Gasteiger partial charge in [-0.25, -0.2) is 0 Å². The minimum Gasteiger partial charge on any atom is -0.384 e. The van der Waals surface area contributed by atoms with E-state index in [9.17, 15) is 0 Å². The summed E-state index contributed by atoms with van der Waals surface area (Å²) in [6, 6.07) is 6.97. The molecule has 1 N–H and O–H groups in total. The summed E-state index contributed by atoms with van der Waals surface area (Å²) < 4.78 is 6.27. The molecule has 3 heteroatoms. The average Bonchev–Trinajstić information content (AvgIpc) is 2.92. The molecule has 0 aliphatic carbocycles. The van der Waals surface area contributed by atoms with Crippen LogP contribution in [0.25, 0.3) is 0 Å². The Morgan fingerprint density at radius 3 is 2.88 bits per heavy atom. The highest BCUT2D eigenvalue weighted by molar-refractivity contribution is 5.61. The van der Waals surface area contributed by atoms with Crippen molar-refractivity contribution in [1.82, 2.24) is 4.90 Å². The fourth-order valence-electron chi connectivity index (χ4n) is 6.03. The van der Waals surface area contributed by atoms with Crippen molar-refractivity contribution in [3.05, 3.63) is 29.3 Å². The zero-order valence-electron chi connectivity index (χ0n) is 16.3. The number of hydrogen-bond donors (Lipinski definition) is 1. The normalized spacial score (nSPS) is 33.5. The summed E-state index contributed by atoms with van der Waals surface area (Å²) in [7, 11) is 0. The number of likely N-dealkylation sites (tertiary alicyclic amines) is 1. The van der Waals surface area contributed by atoms with E-state index in [2.05, 4.69) is 35.3 Å². The van der Waals surface area contributed by atoms with Crippen LogP contribution in [-0.2, 0) is 10.2 Å². The summed E-state index contributed by atoms with van der Waals surface area (Å²) in [5.41, 5.74) is 4.77. The van der Waals surface area contributed by atoms with E-state index >= 15 is 0 Å². The predicted octanol–water partition coefficient (Wildman–Crippen LogP) is 4.74. The second kappa shape index (κ2) is 6.83. The van der Waals surface area contributed by atoms with Crippen molar-refractivity contribution in [1.29, 1.82) is 0 Å². The number of benzene rings is 1. The molecule has 0 amide bonds. The van der Waals surface area contributed by atoms with Gasteiger partial charge >= 0.3 is 0 Å². The van der Waals surface area contributed by atoms with Crippen LogP contribution < -0.4 is 5.32 Å². The van der Waals surface area contributed by atoms with Crippen molar-refractivity contribution < 1.29 is 6.16 Å². The average molecular weight is 357 g/mol. The van der Waals surface area contributed by atoms with Crippen molar-refractivity contribution >= 4 is 5.69 Å². The van der Waals surface area contributed by atoms with E-state index in [4.69, 9.17) is 4.74 Å². The van der Waals surface area contributed by atoms with E-state index in [1.165, 1.54) is 82.3 Å². The topological polar surface area (TPSA) is 24.5 Å². The molecule has 5 rings (SSSR count). The lowest BCUT2D eigenvalue weighted by Gasteiger charge is -2.40. The van der Waals surface area contributed by atoms with Gasteiger partial charge < -0.3 is 15.0 Å². The molecule has 26 heavy (non-hydrogen) atoms. The lowest BCUT2D eigenvalue weighted by molar-refractivity contribution is -0.0472. The number of piperidine rings is 1. The van der Waals surface area contributed by atoms with E-state index in [1.807, 2.05) is 0 Å². The molecule has 144 valence electrons. The first-order valence-corrected chi connectivity index (χ1v) is 10.9. The molecule has 4 aliphatic heterocycles. The standard InChI is InChI=1S/C23H34N2O.H2/c1-17-5-8-22-21(13-17)23(16-24-22)9-11-25(12-10-23)15-18-6-7-19-3-2-4-20(14-18)26-19;/h5,8,13,18-20,24H,2-4,6-7,9-12,14-16H2,1H3;1H. The van der Waals surface area contributed by atoms with E-state index < -0.39 is 0 Å². The maximum absolute atomic E-state index is 6.27. The second-order valence-corrected chi connectivity index (χ2v) is 9.47. The van der Waals surface area contributed by atoms with Crippen molar-refractivity contribution in [2.75, 3.05) is 31.5 Å². The Hall–Kier alpha value is -1.06. The highest BCUT2D eigenvalue weighted by Gasteiger charge is 2.41. The SMILES string of the molecule is Cc1ccc2c(c1)C1(CCN(CC3CCC4CCCC(C3)O4)CC1)CN2.[HH]. The predicted molar refractivity (Wildman–Crippen MR) is 109 cm³/mol. The molecule has 3 unspecified atom stereocenters. The van der Waals surface area contributed by atoms with Crippen LogP contribution >= 0.6 is 0 Å². The number of aryl methyl sites for hydroxylation is 1. The molecule has 3 saturated heterocycles. The second-order valence-electron chi connectivity index (χ2n) is 9.47. The van der Waals surface area contributed by atoms with Gasteiger partial charge in [0.15, 0.2) is 0 Å². The Morgan fingerprint density at radius 2 is 2.00 bits per heavy atom. The molecule has 2 bridgehead atoms. The van der Waals surface area contributed by atoms with Gasteiger partial charge in [0.05, 0.1) is 12.2 Å². The first-order valence-electron chi connectivity index (χ1n) is 10.9. The fraction of sp³-hybridized carbons (Fsp3) is 0.739. The van der Waals surface area contributed by atoms with Gasteiger partial charge in [0, 0.05) is 25.6 Å². The first-order chi connectivity index (χ1) is 12.7. The zero-order chi connectivity index (χ0) is 17.6. The molecule has 0 saturated carbocycles. The fourth-order valence-corrected chi connectivity index (χ4v) is 6.03. The number of anilines is 1. The molecular weight excluding hydrogens is 320 g/mol. The van der Waals surface area contributed by atoms with Crippen LogP contribution in [0.4, 0.5) is 5.69 Å². The van der Waals surface area contributed by atoms with Crippen LogP contribution in [-0.4, -0.2) is 43.3 Å². The van der Waals surface area contributed by atoms with E-state index in [0.29, 0.717) is 17.6 Å². The number of fused-ring (bicyclic) bond motifs is 4. The quantitative estimate of drug-likeness (QED) is 0.828. The summed E-state index contributed by atoms with van der Waals surface area (Å²) >= 11 is 0. The monoisotopic (exact) mass is 356 g/mol. The van der Waals surface area contributed by atoms with Gasteiger partial charge in [-0.2, -0.15) is 0 Å². The van der Waals surface area contributed by atoms with Gasteiger partial charge in [0.1, 0.15) is 0 Å². The highest BCUT2D eigenvalue weighted by Crippen LogP contribution is 2.44. The van der Waals surface area contributed by atoms with Crippen LogP contribution in [0, 0.1) is 12.8 Å². The highest BCUT2D eigenvalue weighted by atomic mass is 16.5.